The SMILES string of the molecule is NC1CCOCC1Sc1ccc2c(c1)OCCCO2. The van der Waals surface area contributed by atoms with E-state index in [4.69, 9.17) is 19.9 Å². The van der Waals surface area contributed by atoms with Crippen LogP contribution in [0.25, 0.3) is 0 Å². The van der Waals surface area contributed by atoms with Gasteiger partial charge in [0.25, 0.3) is 0 Å². The lowest BCUT2D eigenvalue weighted by molar-refractivity contribution is 0.0916. The molecule has 3 rings (SSSR count). The quantitative estimate of drug-likeness (QED) is 0.899. The monoisotopic (exact) mass is 281 g/mol. The average Bonchev–Trinajstić information content (AvgIpc) is 2.66. The number of rotatable bonds is 2. The predicted octanol–water partition coefficient (Wildman–Crippen LogP) is 2.06. The molecule has 2 aliphatic rings. The van der Waals surface area contributed by atoms with Crippen molar-refractivity contribution in [2.75, 3.05) is 26.4 Å². The van der Waals surface area contributed by atoms with Gasteiger partial charge in [0.2, 0.25) is 0 Å². The summed E-state index contributed by atoms with van der Waals surface area (Å²) in [7, 11) is 0. The third-order valence-electron chi connectivity index (χ3n) is 3.36. The number of ether oxygens (including phenoxy) is 3. The first-order valence-corrected chi connectivity index (χ1v) is 7.60. The smallest absolute Gasteiger partial charge is 0.162 e. The molecule has 2 N–H and O–H groups in total. The Balaban J connectivity index is 1.72. The van der Waals surface area contributed by atoms with Gasteiger partial charge < -0.3 is 19.9 Å². The molecule has 1 fully saturated rings. The van der Waals surface area contributed by atoms with Crippen LogP contribution in [0.15, 0.2) is 23.1 Å². The first-order chi connectivity index (χ1) is 9.33. The van der Waals surface area contributed by atoms with Crippen molar-refractivity contribution in [2.24, 2.45) is 5.73 Å². The minimum absolute atomic E-state index is 0.203. The van der Waals surface area contributed by atoms with Gasteiger partial charge in [-0.2, -0.15) is 0 Å². The second-order valence-electron chi connectivity index (χ2n) is 4.84. The molecular weight excluding hydrogens is 262 g/mol. The van der Waals surface area contributed by atoms with Crippen LogP contribution in [-0.4, -0.2) is 37.7 Å². The van der Waals surface area contributed by atoms with Crippen LogP contribution in [0.3, 0.4) is 0 Å². The number of hydrogen-bond donors (Lipinski definition) is 1. The van der Waals surface area contributed by atoms with Crippen LogP contribution in [0.2, 0.25) is 0 Å². The molecule has 0 aromatic heterocycles. The summed E-state index contributed by atoms with van der Waals surface area (Å²) < 4.78 is 16.8. The van der Waals surface area contributed by atoms with Crippen LogP contribution in [0.5, 0.6) is 11.5 Å². The number of fused-ring (bicyclic) bond motifs is 1. The van der Waals surface area contributed by atoms with Gasteiger partial charge >= 0.3 is 0 Å². The molecule has 0 saturated carbocycles. The summed E-state index contributed by atoms with van der Waals surface area (Å²) in [6, 6.07) is 6.30. The Bertz CT molecular complexity index is 441. The van der Waals surface area contributed by atoms with Crippen LogP contribution in [0.4, 0.5) is 0 Å². The number of hydrogen-bond acceptors (Lipinski definition) is 5. The van der Waals surface area contributed by atoms with Crippen molar-refractivity contribution in [3.63, 3.8) is 0 Å². The third-order valence-corrected chi connectivity index (χ3v) is 4.68. The number of thioether (sulfide) groups is 1. The summed E-state index contributed by atoms with van der Waals surface area (Å²) in [4.78, 5) is 1.16. The lowest BCUT2D eigenvalue weighted by atomic mass is 10.1. The van der Waals surface area contributed by atoms with Gasteiger partial charge in [0, 0.05) is 29.2 Å². The van der Waals surface area contributed by atoms with Crippen LogP contribution < -0.4 is 15.2 Å². The van der Waals surface area contributed by atoms with E-state index in [0.717, 1.165) is 49.1 Å². The Morgan fingerprint density at radius 3 is 2.79 bits per heavy atom. The van der Waals surface area contributed by atoms with Crippen molar-refractivity contribution in [2.45, 2.75) is 29.0 Å². The second-order valence-corrected chi connectivity index (χ2v) is 6.16. The minimum atomic E-state index is 0.203. The molecule has 0 aliphatic carbocycles. The Hall–Kier alpha value is -0.910. The largest absolute Gasteiger partial charge is 0.490 e. The van der Waals surface area contributed by atoms with E-state index in [1.165, 1.54) is 0 Å². The van der Waals surface area contributed by atoms with Gasteiger partial charge in [0.15, 0.2) is 11.5 Å². The molecule has 0 bridgehead atoms. The van der Waals surface area contributed by atoms with E-state index in [2.05, 4.69) is 6.07 Å². The Morgan fingerprint density at radius 1 is 1.11 bits per heavy atom. The van der Waals surface area contributed by atoms with E-state index in [1.807, 2.05) is 12.1 Å². The third kappa shape index (κ3) is 3.16. The van der Waals surface area contributed by atoms with E-state index in [0.29, 0.717) is 11.9 Å². The zero-order valence-electron chi connectivity index (χ0n) is 10.8. The summed E-state index contributed by atoms with van der Waals surface area (Å²) in [5.41, 5.74) is 6.13. The van der Waals surface area contributed by atoms with Crippen molar-refractivity contribution in [3.8, 4) is 11.5 Å². The van der Waals surface area contributed by atoms with Gasteiger partial charge in [0.05, 0.1) is 19.8 Å². The zero-order valence-corrected chi connectivity index (χ0v) is 11.7. The second kappa shape index (κ2) is 6.03. The number of nitrogens with two attached hydrogens (primary N) is 1. The maximum Gasteiger partial charge on any atom is 0.162 e. The van der Waals surface area contributed by atoms with E-state index in [-0.39, 0.29) is 6.04 Å². The van der Waals surface area contributed by atoms with Gasteiger partial charge in [-0.1, -0.05) is 0 Å². The molecule has 2 unspecified atom stereocenters. The predicted molar refractivity (Wildman–Crippen MR) is 75.1 cm³/mol. The summed E-state index contributed by atoms with van der Waals surface area (Å²) in [5.74, 6) is 1.68. The highest BCUT2D eigenvalue weighted by atomic mass is 32.2. The van der Waals surface area contributed by atoms with E-state index < -0.39 is 0 Å². The molecule has 4 nitrogen and oxygen atoms in total. The molecule has 2 heterocycles. The zero-order chi connectivity index (χ0) is 13.1. The molecule has 2 aliphatic heterocycles. The van der Waals surface area contributed by atoms with Gasteiger partial charge in [-0.25, -0.2) is 0 Å². The van der Waals surface area contributed by atoms with Gasteiger partial charge in [-0.3, -0.25) is 0 Å². The topological polar surface area (TPSA) is 53.7 Å². The highest BCUT2D eigenvalue weighted by molar-refractivity contribution is 8.00. The van der Waals surface area contributed by atoms with Crippen molar-refractivity contribution < 1.29 is 14.2 Å². The van der Waals surface area contributed by atoms with E-state index in [1.54, 1.807) is 11.8 Å². The minimum Gasteiger partial charge on any atom is -0.490 e. The maximum absolute atomic E-state index is 6.13. The number of benzene rings is 1. The van der Waals surface area contributed by atoms with E-state index >= 15 is 0 Å². The van der Waals surface area contributed by atoms with Crippen LogP contribution in [0.1, 0.15) is 12.8 Å². The Kier molecular flexibility index (Phi) is 4.15. The molecule has 0 spiro atoms. The highest BCUT2D eigenvalue weighted by Gasteiger charge is 2.24. The maximum atomic E-state index is 6.13. The molecule has 0 amide bonds. The molecule has 0 radical (unpaired) electrons. The lowest BCUT2D eigenvalue weighted by Gasteiger charge is -2.28. The highest BCUT2D eigenvalue weighted by Crippen LogP contribution is 2.36. The standard InChI is InChI=1S/C14H19NO3S/c15-11-4-7-16-9-14(11)19-10-2-3-12-13(8-10)18-6-1-5-17-12/h2-3,8,11,14H,1,4-7,9,15H2. The fourth-order valence-corrected chi connectivity index (χ4v) is 3.39. The fourth-order valence-electron chi connectivity index (χ4n) is 2.24. The van der Waals surface area contributed by atoms with Crippen molar-refractivity contribution in [1.29, 1.82) is 0 Å². The van der Waals surface area contributed by atoms with Crippen LogP contribution in [-0.2, 0) is 4.74 Å². The molecule has 104 valence electrons. The summed E-state index contributed by atoms with van der Waals surface area (Å²) >= 11 is 1.77. The van der Waals surface area contributed by atoms with E-state index in [9.17, 15) is 0 Å². The first-order valence-electron chi connectivity index (χ1n) is 6.72. The molecule has 2 atom stereocenters. The summed E-state index contributed by atoms with van der Waals surface area (Å²) in [6.45, 7) is 2.94. The van der Waals surface area contributed by atoms with Crippen molar-refractivity contribution >= 4 is 11.8 Å². The molecule has 1 aromatic rings. The molecule has 19 heavy (non-hydrogen) atoms. The fraction of sp³-hybridized carbons (Fsp3) is 0.571. The average molecular weight is 281 g/mol. The molecule has 1 saturated heterocycles. The van der Waals surface area contributed by atoms with Crippen LogP contribution >= 0.6 is 11.8 Å². The van der Waals surface area contributed by atoms with Crippen molar-refractivity contribution in [3.05, 3.63) is 18.2 Å². The first kappa shape index (κ1) is 13.1. The lowest BCUT2D eigenvalue weighted by Crippen LogP contribution is -2.40. The van der Waals surface area contributed by atoms with Crippen LogP contribution in [0, 0.1) is 0 Å². The summed E-state index contributed by atoms with van der Waals surface area (Å²) in [5, 5.41) is 0.318. The molecule has 1 aromatic carbocycles. The molecular formula is C14H19NO3S. The van der Waals surface area contributed by atoms with Gasteiger partial charge in [0.1, 0.15) is 0 Å². The molecule has 5 heteroatoms. The normalized spacial score (nSPS) is 26.8. The Labute approximate surface area is 117 Å². The summed E-state index contributed by atoms with van der Waals surface area (Å²) in [6.07, 6.45) is 1.86. The Morgan fingerprint density at radius 2 is 1.95 bits per heavy atom. The van der Waals surface area contributed by atoms with Crippen molar-refractivity contribution in [1.82, 2.24) is 0 Å². The van der Waals surface area contributed by atoms with Gasteiger partial charge in [-0.05, 0) is 24.6 Å². The van der Waals surface area contributed by atoms with Gasteiger partial charge in [-0.15, -0.1) is 11.8 Å².